The number of sulfone groups is 1. The third-order valence-electron chi connectivity index (χ3n) is 2.37. The summed E-state index contributed by atoms with van der Waals surface area (Å²) < 4.78 is 27.7. The van der Waals surface area contributed by atoms with Crippen molar-refractivity contribution in [3.8, 4) is 16.8 Å². The fourth-order valence-corrected chi connectivity index (χ4v) is 2.41. The summed E-state index contributed by atoms with van der Waals surface area (Å²) in [5.74, 6) is 0.353. The second kappa shape index (κ2) is 4.51. The molecule has 8 heteroatoms. The first-order chi connectivity index (χ1) is 8.41. The Balaban J connectivity index is 2.34. The quantitative estimate of drug-likeness (QED) is 0.851. The first-order valence-corrected chi connectivity index (χ1v) is 7.71. The van der Waals surface area contributed by atoms with Gasteiger partial charge in [0.2, 0.25) is 0 Å². The predicted molar refractivity (Wildman–Crippen MR) is 65.6 cm³/mol. The molecule has 2 aromatic heterocycles. The molecule has 0 aliphatic rings. The van der Waals surface area contributed by atoms with Gasteiger partial charge in [0.25, 0.3) is 5.89 Å². The summed E-state index contributed by atoms with van der Waals surface area (Å²) in [5, 5.41) is 11.6. The summed E-state index contributed by atoms with van der Waals surface area (Å²) >= 11 is 1.21. The number of nitrogens with zero attached hydrogens (tertiary/aromatic N) is 3. The summed E-state index contributed by atoms with van der Waals surface area (Å²) in [6, 6.07) is 5.33. The maximum atomic E-state index is 11.4. The van der Waals surface area contributed by atoms with Gasteiger partial charge < -0.3 is 4.52 Å². The van der Waals surface area contributed by atoms with Crippen molar-refractivity contribution in [2.45, 2.75) is 12.2 Å². The Hall–Kier alpha value is -1.72. The van der Waals surface area contributed by atoms with E-state index in [-0.39, 0.29) is 11.7 Å². The van der Waals surface area contributed by atoms with Crippen LogP contribution in [0.2, 0.25) is 0 Å². The molecule has 1 unspecified atom stereocenters. The molecule has 0 bridgehead atoms. The normalized spacial score (nSPS) is 13.2. The van der Waals surface area contributed by atoms with E-state index in [0.29, 0.717) is 9.75 Å². The SMILES string of the molecule is CC(c1noc(-c2ccc(C#N)s2)n1)S(C)(=O)=O. The standard InChI is InChI=1S/C10H9N3O3S2/c1-6(18(2,14)15)9-12-10(16-13-9)8-4-3-7(5-11)17-8/h3-4,6H,1-2H3. The van der Waals surface area contributed by atoms with Gasteiger partial charge in [-0.05, 0) is 19.1 Å². The second-order valence-electron chi connectivity index (χ2n) is 3.71. The molecule has 0 spiro atoms. The largest absolute Gasteiger partial charge is 0.333 e. The lowest BCUT2D eigenvalue weighted by Crippen LogP contribution is -2.09. The van der Waals surface area contributed by atoms with Crippen molar-refractivity contribution >= 4 is 21.2 Å². The number of thiophene rings is 1. The highest BCUT2D eigenvalue weighted by Crippen LogP contribution is 2.28. The third-order valence-corrected chi connectivity index (χ3v) is 4.85. The average Bonchev–Trinajstić information content (AvgIpc) is 2.95. The van der Waals surface area contributed by atoms with E-state index in [0.717, 1.165) is 6.26 Å². The van der Waals surface area contributed by atoms with Crippen molar-refractivity contribution < 1.29 is 12.9 Å². The van der Waals surface area contributed by atoms with Crippen LogP contribution in [0.3, 0.4) is 0 Å². The Bertz CT molecular complexity index is 709. The van der Waals surface area contributed by atoms with E-state index < -0.39 is 15.1 Å². The summed E-state index contributed by atoms with van der Waals surface area (Å²) in [4.78, 5) is 5.21. The monoisotopic (exact) mass is 283 g/mol. The Kier molecular flexibility index (Phi) is 3.19. The zero-order valence-corrected chi connectivity index (χ0v) is 11.2. The number of rotatable bonds is 3. The van der Waals surface area contributed by atoms with E-state index in [1.807, 2.05) is 6.07 Å². The lowest BCUT2D eigenvalue weighted by Gasteiger charge is -2.01. The van der Waals surface area contributed by atoms with Crippen LogP contribution in [-0.4, -0.2) is 24.8 Å². The molecule has 2 heterocycles. The zero-order valence-electron chi connectivity index (χ0n) is 9.61. The van der Waals surface area contributed by atoms with E-state index in [9.17, 15) is 8.42 Å². The highest BCUT2D eigenvalue weighted by Gasteiger charge is 2.23. The topological polar surface area (TPSA) is 96.8 Å². The number of hydrogen-bond donors (Lipinski definition) is 0. The van der Waals surface area contributed by atoms with Gasteiger partial charge in [-0.15, -0.1) is 11.3 Å². The molecule has 0 aliphatic heterocycles. The van der Waals surface area contributed by atoms with Gasteiger partial charge in [-0.25, -0.2) is 8.42 Å². The third kappa shape index (κ3) is 2.42. The second-order valence-corrected chi connectivity index (χ2v) is 7.16. The zero-order chi connectivity index (χ0) is 13.3. The van der Waals surface area contributed by atoms with E-state index >= 15 is 0 Å². The van der Waals surface area contributed by atoms with Gasteiger partial charge in [-0.2, -0.15) is 10.2 Å². The lowest BCUT2D eigenvalue weighted by atomic mass is 10.4. The average molecular weight is 283 g/mol. The van der Waals surface area contributed by atoms with Gasteiger partial charge in [0, 0.05) is 6.26 Å². The highest BCUT2D eigenvalue weighted by molar-refractivity contribution is 7.90. The smallest absolute Gasteiger partial charge is 0.268 e. The fraction of sp³-hybridized carbons (Fsp3) is 0.300. The molecular formula is C10H9N3O3S2. The van der Waals surface area contributed by atoms with Crippen LogP contribution in [0.15, 0.2) is 16.7 Å². The number of nitriles is 1. The predicted octanol–water partition coefficient (Wildman–Crippen LogP) is 1.78. The van der Waals surface area contributed by atoms with E-state index in [4.69, 9.17) is 9.78 Å². The van der Waals surface area contributed by atoms with Crippen LogP contribution in [0.4, 0.5) is 0 Å². The molecule has 0 N–H and O–H groups in total. The van der Waals surface area contributed by atoms with Crippen LogP contribution >= 0.6 is 11.3 Å². The van der Waals surface area contributed by atoms with Gasteiger partial charge in [0.15, 0.2) is 15.7 Å². The van der Waals surface area contributed by atoms with Crippen molar-refractivity contribution in [1.29, 1.82) is 5.26 Å². The fourth-order valence-electron chi connectivity index (χ4n) is 1.20. The van der Waals surface area contributed by atoms with Crippen LogP contribution < -0.4 is 0 Å². The maximum Gasteiger partial charge on any atom is 0.268 e. The van der Waals surface area contributed by atoms with Gasteiger partial charge in [0.1, 0.15) is 16.2 Å². The summed E-state index contributed by atoms with van der Waals surface area (Å²) in [6.07, 6.45) is 1.12. The van der Waals surface area contributed by atoms with Crippen molar-refractivity contribution in [1.82, 2.24) is 10.1 Å². The Morgan fingerprint density at radius 3 is 2.78 bits per heavy atom. The van der Waals surface area contributed by atoms with Crippen LogP contribution in [0, 0.1) is 11.3 Å². The summed E-state index contributed by atoms with van der Waals surface area (Å²) in [6.45, 7) is 1.50. The first-order valence-electron chi connectivity index (χ1n) is 4.94. The van der Waals surface area contributed by atoms with Crippen molar-refractivity contribution in [3.63, 3.8) is 0 Å². The van der Waals surface area contributed by atoms with Crippen molar-refractivity contribution in [2.24, 2.45) is 0 Å². The van der Waals surface area contributed by atoms with Crippen molar-refractivity contribution in [3.05, 3.63) is 22.8 Å². The van der Waals surface area contributed by atoms with E-state index in [1.54, 1.807) is 12.1 Å². The first kappa shape index (κ1) is 12.7. The molecule has 0 saturated carbocycles. The molecule has 0 amide bonds. The lowest BCUT2D eigenvalue weighted by molar-refractivity contribution is 0.422. The van der Waals surface area contributed by atoms with Crippen LogP contribution in [0.1, 0.15) is 22.9 Å². The van der Waals surface area contributed by atoms with E-state index in [2.05, 4.69) is 10.1 Å². The minimum Gasteiger partial charge on any atom is -0.333 e. The Labute approximate surface area is 108 Å². The molecule has 2 rings (SSSR count). The van der Waals surface area contributed by atoms with Gasteiger partial charge in [0.05, 0.1) is 4.88 Å². The Morgan fingerprint density at radius 2 is 2.22 bits per heavy atom. The summed E-state index contributed by atoms with van der Waals surface area (Å²) in [5.41, 5.74) is 0. The molecule has 0 aromatic carbocycles. The Morgan fingerprint density at radius 1 is 1.50 bits per heavy atom. The molecule has 1 atom stereocenters. The van der Waals surface area contributed by atoms with Gasteiger partial charge in [-0.3, -0.25) is 0 Å². The minimum absolute atomic E-state index is 0.124. The molecule has 0 aliphatic carbocycles. The molecule has 94 valence electrons. The molecule has 0 fully saturated rings. The van der Waals surface area contributed by atoms with Gasteiger partial charge in [-0.1, -0.05) is 5.16 Å². The molecule has 6 nitrogen and oxygen atoms in total. The van der Waals surface area contributed by atoms with Crippen LogP contribution in [-0.2, 0) is 9.84 Å². The van der Waals surface area contributed by atoms with Gasteiger partial charge >= 0.3 is 0 Å². The molecule has 2 aromatic rings. The molecule has 18 heavy (non-hydrogen) atoms. The van der Waals surface area contributed by atoms with Crippen LogP contribution in [0.25, 0.3) is 10.8 Å². The maximum absolute atomic E-state index is 11.4. The van der Waals surface area contributed by atoms with Crippen molar-refractivity contribution in [2.75, 3.05) is 6.26 Å². The molecule has 0 radical (unpaired) electrons. The van der Waals surface area contributed by atoms with Crippen LogP contribution in [0.5, 0.6) is 0 Å². The molecule has 0 saturated heterocycles. The minimum atomic E-state index is -3.26. The number of aromatic nitrogens is 2. The highest BCUT2D eigenvalue weighted by atomic mass is 32.2. The molecular weight excluding hydrogens is 274 g/mol. The summed E-state index contributed by atoms with van der Waals surface area (Å²) in [7, 11) is -3.26. The number of hydrogen-bond acceptors (Lipinski definition) is 7. The van der Waals surface area contributed by atoms with E-state index in [1.165, 1.54) is 18.3 Å².